The molecule has 2 aliphatic rings. The number of carbonyl (C=O) groups is 2. The molecule has 1 amide bonds. The maximum Gasteiger partial charge on any atom is 0.342 e. The van der Waals surface area contributed by atoms with Crippen LogP contribution in [0.3, 0.4) is 0 Å². The Bertz CT molecular complexity index is 988. The van der Waals surface area contributed by atoms with Gasteiger partial charge in [-0.3, -0.25) is 4.79 Å². The minimum absolute atomic E-state index is 0.0220. The van der Waals surface area contributed by atoms with Crippen LogP contribution in [0.5, 0.6) is 11.5 Å². The molecule has 34 heavy (non-hydrogen) atoms. The van der Waals surface area contributed by atoms with Crippen LogP contribution in [-0.2, 0) is 20.8 Å². The van der Waals surface area contributed by atoms with Gasteiger partial charge in [-0.1, -0.05) is 35.0 Å². The summed E-state index contributed by atoms with van der Waals surface area (Å²) in [7, 11) is 0. The maximum atomic E-state index is 12.7. The normalized spacial score (nSPS) is 21.0. The van der Waals surface area contributed by atoms with E-state index in [-0.39, 0.29) is 53.5 Å². The standard InChI is InChI=1S/C25H31ClN2O6/c1-17-10-7-8-12-28(17)22(31)16-34-27-18-11-6-4-2-3-5-9-13-33-25(32)23-19(14-18)24(26)21(30)15-20(23)29/h3,5-6,11,15,17,29-30H,2,4,7-10,12-14,16H2,1H3. The smallest absolute Gasteiger partial charge is 0.342 e. The van der Waals surface area contributed by atoms with Gasteiger partial charge in [-0.25, -0.2) is 4.79 Å². The van der Waals surface area contributed by atoms with Gasteiger partial charge in [0.2, 0.25) is 0 Å². The highest BCUT2D eigenvalue weighted by molar-refractivity contribution is 6.33. The molecule has 1 fully saturated rings. The number of hydrogen-bond acceptors (Lipinski definition) is 7. The molecule has 184 valence electrons. The molecule has 3 rings (SSSR count). The number of cyclic esters (lactones) is 1. The topological polar surface area (TPSA) is 109 Å². The number of phenolic OH excluding ortho intramolecular Hbond substituents is 2. The van der Waals surface area contributed by atoms with E-state index in [1.54, 1.807) is 11.0 Å². The van der Waals surface area contributed by atoms with Gasteiger partial charge in [0, 0.05) is 25.1 Å². The van der Waals surface area contributed by atoms with E-state index < -0.39 is 11.7 Å². The first-order valence-corrected chi connectivity index (χ1v) is 12.0. The Morgan fingerprint density at radius 1 is 1.21 bits per heavy atom. The molecule has 1 atom stereocenters. The minimum atomic E-state index is -0.752. The summed E-state index contributed by atoms with van der Waals surface area (Å²) in [4.78, 5) is 32.5. The Balaban J connectivity index is 1.86. The van der Waals surface area contributed by atoms with Crippen molar-refractivity contribution in [3.8, 4) is 11.5 Å². The molecule has 1 aromatic carbocycles. The Labute approximate surface area is 204 Å². The van der Waals surface area contributed by atoms with Crippen LogP contribution in [0.15, 0.2) is 35.5 Å². The lowest BCUT2D eigenvalue weighted by atomic mass is 9.99. The SMILES string of the molecule is CC1CCCCN1C(=O)CON=C1C=CCCC=CCCOC(=O)c2c(O)cc(O)c(Cl)c2C1. The Morgan fingerprint density at radius 2 is 1.97 bits per heavy atom. The van der Waals surface area contributed by atoms with Crippen LogP contribution in [0, 0.1) is 0 Å². The summed E-state index contributed by atoms with van der Waals surface area (Å²) in [6.07, 6.45) is 12.6. The van der Waals surface area contributed by atoms with Crippen molar-refractivity contribution in [2.75, 3.05) is 19.8 Å². The van der Waals surface area contributed by atoms with Gasteiger partial charge in [-0.2, -0.15) is 0 Å². The molecule has 2 heterocycles. The first-order valence-electron chi connectivity index (χ1n) is 11.6. The van der Waals surface area contributed by atoms with E-state index in [0.717, 1.165) is 38.2 Å². The molecule has 0 spiro atoms. The second-order valence-electron chi connectivity index (χ2n) is 8.42. The molecule has 1 saturated heterocycles. The average molecular weight is 491 g/mol. The lowest BCUT2D eigenvalue weighted by molar-refractivity contribution is -0.139. The van der Waals surface area contributed by atoms with Crippen molar-refractivity contribution in [3.63, 3.8) is 0 Å². The van der Waals surface area contributed by atoms with Crippen LogP contribution in [0.25, 0.3) is 0 Å². The van der Waals surface area contributed by atoms with Crippen molar-refractivity contribution in [3.05, 3.63) is 46.5 Å². The predicted octanol–water partition coefficient (Wildman–Crippen LogP) is 4.52. The number of rotatable bonds is 3. The van der Waals surface area contributed by atoms with Crippen molar-refractivity contribution in [2.24, 2.45) is 5.16 Å². The molecule has 1 unspecified atom stereocenters. The molecule has 8 nitrogen and oxygen atoms in total. The zero-order valence-electron chi connectivity index (χ0n) is 19.3. The fourth-order valence-corrected chi connectivity index (χ4v) is 4.26. The number of nitrogens with zero attached hydrogens (tertiary/aromatic N) is 2. The monoisotopic (exact) mass is 490 g/mol. The molecule has 2 aliphatic heterocycles. The molecule has 0 bridgehead atoms. The summed E-state index contributed by atoms with van der Waals surface area (Å²) in [6, 6.07) is 1.18. The number of amides is 1. The summed E-state index contributed by atoms with van der Waals surface area (Å²) < 4.78 is 5.28. The van der Waals surface area contributed by atoms with E-state index in [1.165, 1.54) is 0 Å². The molecule has 2 N–H and O–H groups in total. The number of halogens is 1. The fraction of sp³-hybridized carbons (Fsp3) is 0.480. The van der Waals surface area contributed by atoms with Crippen LogP contribution in [0.2, 0.25) is 5.02 Å². The van der Waals surface area contributed by atoms with Gasteiger partial charge >= 0.3 is 5.97 Å². The zero-order valence-corrected chi connectivity index (χ0v) is 20.1. The second-order valence-corrected chi connectivity index (χ2v) is 8.80. The first-order chi connectivity index (χ1) is 16.4. The predicted molar refractivity (Wildman–Crippen MR) is 129 cm³/mol. The average Bonchev–Trinajstić information content (AvgIpc) is 2.80. The fourth-order valence-electron chi connectivity index (χ4n) is 4.04. The van der Waals surface area contributed by atoms with Gasteiger partial charge < -0.3 is 24.7 Å². The van der Waals surface area contributed by atoms with Gasteiger partial charge in [0.1, 0.15) is 17.1 Å². The molecule has 1 aromatic rings. The molecular weight excluding hydrogens is 460 g/mol. The van der Waals surface area contributed by atoms with Gasteiger partial charge in [0.15, 0.2) is 6.61 Å². The van der Waals surface area contributed by atoms with E-state index in [4.69, 9.17) is 21.2 Å². The molecule has 0 aromatic heterocycles. The number of fused-ring (bicyclic) bond motifs is 1. The number of allylic oxidation sites excluding steroid dienone is 3. The lowest BCUT2D eigenvalue weighted by Gasteiger charge is -2.32. The lowest BCUT2D eigenvalue weighted by Crippen LogP contribution is -2.43. The highest BCUT2D eigenvalue weighted by Gasteiger charge is 2.25. The summed E-state index contributed by atoms with van der Waals surface area (Å²) >= 11 is 6.31. The second kappa shape index (κ2) is 12.5. The first kappa shape index (κ1) is 25.6. The van der Waals surface area contributed by atoms with E-state index in [9.17, 15) is 19.8 Å². The number of esters is 1. The third-order valence-electron chi connectivity index (χ3n) is 5.87. The molecule has 0 radical (unpaired) electrons. The minimum Gasteiger partial charge on any atom is -0.507 e. The van der Waals surface area contributed by atoms with E-state index in [0.29, 0.717) is 18.7 Å². The van der Waals surface area contributed by atoms with Crippen LogP contribution in [-0.4, -0.2) is 58.5 Å². The van der Waals surface area contributed by atoms with Crippen molar-refractivity contribution in [1.29, 1.82) is 0 Å². The summed E-state index contributed by atoms with van der Waals surface area (Å²) in [5.74, 6) is -1.70. The Morgan fingerprint density at radius 3 is 2.76 bits per heavy atom. The van der Waals surface area contributed by atoms with Crippen LogP contribution in [0.4, 0.5) is 0 Å². The molecule has 9 heteroatoms. The summed E-state index contributed by atoms with van der Waals surface area (Å²) in [6.45, 7) is 2.66. The number of likely N-dealkylation sites (tertiary alicyclic amines) is 1. The quantitative estimate of drug-likeness (QED) is 0.366. The number of carbonyl (C=O) groups excluding carboxylic acids is 2. The summed E-state index contributed by atoms with van der Waals surface area (Å²) in [5.41, 5.74) is 0.407. The van der Waals surface area contributed by atoms with Gasteiger partial charge in [-0.05, 0) is 57.1 Å². The molecule has 0 saturated carbocycles. The highest BCUT2D eigenvalue weighted by atomic mass is 35.5. The van der Waals surface area contributed by atoms with Crippen LogP contribution in [0.1, 0.15) is 61.4 Å². The number of benzene rings is 1. The number of phenols is 2. The number of ether oxygens (including phenoxy) is 1. The van der Waals surface area contributed by atoms with E-state index >= 15 is 0 Å². The molecule has 0 aliphatic carbocycles. The third kappa shape index (κ3) is 6.76. The highest BCUT2D eigenvalue weighted by Crippen LogP contribution is 2.37. The third-order valence-corrected chi connectivity index (χ3v) is 6.29. The van der Waals surface area contributed by atoms with Crippen LogP contribution >= 0.6 is 11.6 Å². The Kier molecular flexibility index (Phi) is 9.39. The van der Waals surface area contributed by atoms with Gasteiger partial charge in [0.05, 0.1) is 17.3 Å². The van der Waals surface area contributed by atoms with Crippen molar-refractivity contribution < 1.29 is 29.4 Å². The van der Waals surface area contributed by atoms with Crippen molar-refractivity contribution in [2.45, 2.75) is 57.9 Å². The largest absolute Gasteiger partial charge is 0.507 e. The summed E-state index contributed by atoms with van der Waals surface area (Å²) in [5, 5.41) is 24.5. The number of piperidine rings is 1. The number of oxime groups is 1. The number of aromatic hydroxyl groups is 2. The number of hydrogen-bond donors (Lipinski definition) is 2. The van der Waals surface area contributed by atoms with Gasteiger partial charge in [0.25, 0.3) is 5.91 Å². The van der Waals surface area contributed by atoms with Crippen molar-refractivity contribution in [1.82, 2.24) is 4.90 Å². The Hall–Kier alpha value is -3.00. The van der Waals surface area contributed by atoms with E-state index in [1.807, 2.05) is 25.2 Å². The van der Waals surface area contributed by atoms with E-state index in [2.05, 4.69) is 5.16 Å². The molecular formula is C25H31ClN2O6. The van der Waals surface area contributed by atoms with Gasteiger partial charge in [-0.15, -0.1) is 0 Å². The van der Waals surface area contributed by atoms with Crippen LogP contribution < -0.4 is 0 Å². The maximum absolute atomic E-state index is 12.7. The van der Waals surface area contributed by atoms with Crippen molar-refractivity contribution >= 4 is 29.2 Å². The zero-order chi connectivity index (χ0) is 24.5.